The fourth-order valence-corrected chi connectivity index (χ4v) is 5.97. The molecule has 2 aromatic rings. The summed E-state index contributed by atoms with van der Waals surface area (Å²) in [6, 6.07) is 4.44. The van der Waals surface area contributed by atoms with Gasteiger partial charge in [0.05, 0.1) is 5.69 Å². The highest BCUT2D eigenvalue weighted by Crippen LogP contribution is 2.64. The number of nitrogens with two attached hydrogens (primary N) is 1. The van der Waals surface area contributed by atoms with Crippen molar-refractivity contribution in [2.75, 3.05) is 18.8 Å². The van der Waals surface area contributed by atoms with Crippen molar-refractivity contribution in [1.82, 2.24) is 19.7 Å². The number of anilines is 1. The minimum atomic E-state index is -2.93. The fourth-order valence-electron chi connectivity index (χ4n) is 5.97. The molecule has 0 unspecified atom stereocenters. The van der Waals surface area contributed by atoms with Gasteiger partial charge in [0.15, 0.2) is 11.6 Å². The number of likely N-dealkylation sites (tertiary alicyclic amines) is 1. The van der Waals surface area contributed by atoms with E-state index in [1.807, 2.05) is 0 Å². The van der Waals surface area contributed by atoms with Crippen molar-refractivity contribution in [3.63, 3.8) is 0 Å². The largest absolute Gasteiger partial charge is 0.431 e. The van der Waals surface area contributed by atoms with E-state index in [2.05, 4.69) is 25.4 Å². The lowest BCUT2D eigenvalue weighted by Gasteiger charge is -2.25. The molecule has 0 radical (unpaired) electrons. The van der Waals surface area contributed by atoms with E-state index in [1.54, 1.807) is 6.20 Å². The second-order valence-electron chi connectivity index (χ2n) is 9.79. The SMILES string of the molecule is Nc1ncc(-c2cc([C@H]3[C@@H]4C[C@@H](N5CCCC5)C[C@@H]43)n(CC3CC3)n2)cc1OC(F)F. The Kier molecular flexibility index (Phi) is 4.67. The second-order valence-corrected chi connectivity index (χ2v) is 9.79. The molecule has 3 saturated carbocycles. The molecule has 166 valence electrons. The van der Waals surface area contributed by atoms with Gasteiger partial charge in [0.2, 0.25) is 0 Å². The third kappa shape index (κ3) is 3.69. The number of pyridine rings is 1. The topological polar surface area (TPSA) is 69.2 Å². The van der Waals surface area contributed by atoms with Crippen LogP contribution in [-0.2, 0) is 6.54 Å². The van der Waals surface area contributed by atoms with E-state index in [9.17, 15) is 8.78 Å². The predicted molar refractivity (Wildman–Crippen MR) is 113 cm³/mol. The maximum absolute atomic E-state index is 12.7. The van der Waals surface area contributed by atoms with Crippen LogP contribution in [0.1, 0.15) is 50.1 Å². The van der Waals surface area contributed by atoms with Crippen LogP contribution < -0.4 is 10.5 Å². The van der Waals surface area contributed by atoms with Crippen LogP contribution in [0.25, 0.3) is 11.3 Å². The summed E-state index contributed by atoms with van der Waals surface area (Å²) in [5.74, 6) is 2.68. The van der Waals surface area contributed by atoms with Crippen molar-refractivity contribution in [1.29, 1.82) is 0 Å². The molecule has 3 aliphatic carbocycles. The van der Waals surface area contributed by atoms with E-state index >= 15 is 0 Å². The molecule has 4 fully saturated rings. The smallest absolute Gasteiger partial charge is 0.387 e. The van der Waals surface area contributed by atoms with Crippen molar-refractivity contribution < 1.29 is 13.5 Å². The standard InChI is InChI=1S/C23H29F2N5O/c24-23(25)31-20-7-14(11-27-22(20)26)18-10-19(30(28-18)12-13-3-4-13)21-16-8-15(9-17(16)21)29-5-1-2-6-29/h7,10-11,13,15-17,21,23H,1-6,8-9,12H2,(H2,26,27)/t15-,16-,17+,21+. The molecular formula is C23H29F2N5O. The summed E-state index contributed by atoms with van der Waals surface area (Å²) in [5, 5.41) is 4.88. The third-order valence-electron chi connectivity index (χ3n) is 7.75. The fraction of sp³-hybridized carbons (Fsp3) is 0.652. The lowest BCUT2D eigenvalue weighted by Crippen LogP contribution is -2.31. The molecule has 1 aliphatic heterocycles. The monoisotopic (exact) mass is 429 g/mol. The first-order chi connectivity index (χ1) is 15.1. The zero-order valence-corrected chi connectivity index (χ0v) is 17.6. The van der Waals surface area contributed by atoms with Crippen LogP contribution in [0.3, 0.4) is 0 Å². The number of aromatic nitrogens is 3. The quantitative estimate of drug-likeness (QED) is 0.717. The number of hydrogen-bond acceptors (Lipinski definition) is 5. The average molecular weight is 430 g/mol. The Morgan fingerprint density at radius 1 is 1.13 bits per heavy atom. The molecule has 6 rings (SSSR count). The lowest BCUT2D eigenvalue weighted by atomic mass is 10.0. The highest BCUT2D eigenvalue weighted by molar-refractivity contribution is 5.64. The van der Waals surface area contributed by atoms with Gasteiger partial charge in [-0.25, -0.2) is 4.98 Å². The van der Waals surface area contributed by atoms with Gasteiger partial charge < -0.3 is 15.4 Å². The summed E-state index contributed by atoms with van der Waals surface area (Å²) >= 11 is 0. The number of alkyl halides is 2. The summed E-state index contributed by atoms with van der Waals surface area (Å²) < 4.78 is 32.2. The molecular weight excluding hydrogens is 400 g/mol. The maximum atomic E-state index is 12.7. The Balaban J connectivity index is 1.25. The normalized spacial score (nSPS) is 30.2. The van der Waals surface area contributed by atoms with Crippen LogP contribution in [0.5, 0.6) is 5.75 Å². The number of halogens is 2. The van der Waals surface area contributed by atoms with Crippen LogP contribution in [0.2, 0.25) is 0 Å². The van der Waals surface area contributed by atoms with Crippen LogP contribution >= 0.6 is 0 Å². The zero-order chi connectivity index (χ0) is 21.1. The first-order valence-electron chi connectivity index (χ1n) is 11.6. The van der Waals surface area contributed by atoms with Gasteiger partial charge in [0.1, 0.15) is 0 Å². The minimum absolute atomic E-state index is 0.0358. The number of rotatable bonds is 7. The summed E-state index contributed by atoms with van der Waals surface area (Å²) in [4.78, 5) is 6.75. The van der Waals surface area contributed by atoms with E-state index in [0.29, 0.717) is 17.4 Å². The number of nitrogen functional groups attached to an aromatic ring is 1. The van der Waals surface area contributed by atoms with Crippen molar-refractivity contribution in [2.24, 2.45) is 17.8 Å². The summed E-state index contributed by atoms with van der Waals surface area (Å²) in [6.45, 7) is 0.554. The number of hydrogen-bond donors (Lipinski definition) is 1. The van der Waals surface area contributed by atoms with E-state index in [1.165, 1.54) is 63.4 Å². The Hall–Kier alpha value is -2.22. The van der Waals surface area contributed by atoms with Crippen molar-refractivity contribution in [3.8, 4) is 17.0 Å². The average Bonchev–Trinajstić information content (AvgIpc) is 3.42. The van der Waals surface area contributed by atoms with E-state index < -0.39 is 6.61 Å². The van der Waals surface area contributed by atoms with Crippen LogP contribution in [-0.4, -0.2) is 45.4 Å². The molecule has 0 spiro atoms. The molecule has 0 aromatic carbocycles. The van der Waals surface area contributed by atoms with E-state index in [-0.39, 0.29) is 11.6 Å². The third-order valence-corrected chi connectivity index (χ3v) is 7.75. The molecule has 0 bridgehead atoms. The van der Waals surface area contributed by atoms with Crippen LogP contribution in [0.4, 0.5) is 14.6 Å². The number of ether oxygens (including phenoxy) is 1. The van der Waals surface area contributed by atoms with Gasteiger partial charge in [-0.05, 0) is 81.5 Å². The second kappa shape index (κ2) is 7.43. The highest BCUT2D eigenvalue weighted by atomic mass is 19.3. The molecule has 4 aliphatic rings. The van der Waals surface area contributed by atoms with Crippen LogP contribution in [0, 0.1) is 17.8 Å². The van der Waals surface area contributed by atoms with Crippen molar-refractivity contribution in [3.05, 3.63) is 24.0 Å². The molecule has 1 saturated heterocycles. The first kappa shape index (κ1) is 19.5. The Morgan fingerprint density at radius 3 is 2.55 bits per heavy atom. The Bertz CT molecular complexity index is 957. The van der Waals surface area contributed by atoms with Gasteiger partial charge in [-0.2, -0.15) is 13.9 Å². The maximum Gasteiger partial charge on any atom is 0.387 e. The van der Waals surface area contributed by atoms with Crippen LogP contribution in [0.15, 0.2) is 18.3 Å². The highest BCUT2D eigenvalue weighted by Gasteiger charge is 2.58. The van der Waals surface area contributed by atoms with Gasteiger partial charge in [-0.3, -0.25) is 4.68 Å². The predicted octanol–water partition coefficient (Wildman–Crippen LogP) is 4.13. The van der Waals surface area contributed by atoms with Gasteiger partial charge in [0, 0.05) is 36.0 Å². The summed E-state index contributed by atoms with van der Waals surface area (Å²) in [6.07, 6.45) is 9.42. The molecule has 31 heavy (non-hydrogen) atoms. The Morgan fingerprint density at radius 2 is 1.87 bits per heavy atom. The van der Waals surface area contributed by atoms with Crippen molar-refractivity contribution >= 4 is 5.82 Å². The molecule has 0 amide bonds. The summed E-state index contributed by atoms with van der Waals surface area (Å²) in [5.41, 5.74) is 8.46. The molecule has 3 heterocycles. The minimum Gasteiger partial charge on any atom is -0.431 e. The van der Waals surface area contributed by atoms with E-state index in [4.69, 9.17) is 10.8 Å². The number of fused-ring (bicyclic) bond motifs is 1. The molecule has 6 nitrogen and oxygen atoms in total. The Labute approximate surface area is 180 Å². The first-order valence-corrected chi connectivity index (χ1v) is 11.6. The van der Waals surface area contributed by atoms with Gasteiger partial charge in [-0.15, -0.1) is 0 Å². The zero-order valence-electron chi connectivity index (χ0n) is 17.6. The lowest BCUT2D eigenvalue weighted by molar-refractivity contribution is -0.0494. The van der Waals surface area contributed by atoms with Gasteiger partial charge >= 0.3 is 6.61 Å². The van der Waals surface area contributed by atoms with Crippen molar-refractivity contribution in [2.45, 2.75) is 63.6 Å². The summed E-state index contributed by atoms with van der Waals surface area (Å²) in [7, 11) is 0. The molecule has 2 N–H and O–H groups in total. The van der Waals surface area contributed by atoms with Gasteiger partial charge in [-0.1, -0.05) is 0 Å². The van der Waals surface area contributed by atoms with E-state index in [0.717, 1.165) is 30.1 Å². The molecule has 4 atom stereocenters. The number of nitrogens with zero attached hydrogens (tertiary/aromatic N) is 4. The molecule has 8 heteroatoms. The van der Waals surface area contributed by atoms with Gasteiger partial charge in [0.25, 0.3) is 0 Å². The molecule has 2 aromatic heterocycles.